The highest BCUT2D eigenvalue weighted by molar-refractivity contribution is 6.35. The molecule has 0 N–H and O–H groups in total. The van der Waals surface area contributed by atoms with Crippen LogP contribution in [0.25, 0.3) is 6.20 Å². The van der Waals surface area contributed by atoms with Gasteiger partial charge in [0.15, 0.2) is 0 Å². The maximum Gasteiger partial charge on any atom is 0.0986 e. The first kappa shape index (κ1) is 15.1. The number of rotatable bonds is 3. The van der Waals surface area contributed by atoms with Gasteiger partial charge in [0.25, 0.3) is 0 Å². The van der Waals surface area contributed by atoms with Crippen molar-refractivity contribution in [3.63, 3.8) is 0 Å². The molecule has 1 aromatic carbocycles. The van der Waals surface area contributed by atoms with E-state index < -0.39 is 0 Å². The molecule has 2 aromatic rings. The topological polar surface area (TPSA) is 17.8 Å². The van der Waals surface area contributed by atoms with Crippen LogP contribution in [0.4, 0.5) is 0 Å². The molecule has 0 atom stereocenters. The first-order valence-corrected chi connectivity index (χ1v) is 7.24. The lowest BCUT2D eigenvalue weighted by Gasteiger charge is -2.24. The molecule has 106 valence electrons. The first-order valence-electron chi connectivity index (χ1n) is 6.49. The smallest absolute Gasteiger partial charge is 0.0986 e. The summed E-state index contributed by atoms with van der Waals surface area (Å²) in [6, 6.07) is 5.65. The zero-order valence-corrected chi connectivity index (χ0v) is 13.4. The van der Waals surface area contributed by atoms with Gasteiger partial charge in [-0.3, -0.25) is 0 Å². The minimum atomic E-state index is 0.0488. The highest BCUT2D eigenvalue weighted by atomic mass is 35.5. The van der Waals surface area contributed by atoms with Crippen molar-refractivity contribution >= 4 is 29.4 Å². The average molecular weight is 309 g/mol. The normalized spacial score (nSPS) is 12.8. The van der Waals surface area contributed by atoms with E-state index in [-0.39, 0.29) is 5.41 Å². The van der Waals surface area contributed by atoms with E-state index in [0.29, 0.717) is 10.0 Å². The number of allylic oxidation sites excluding steroid dienone is 1. The molecule has 0 aliphatic rings. The van der Waals surface area contributed by atoms with Crippen LogP contribution in [0.1, 0.15) is 26.3 Å². The molecule has 0 saturated heterocycles. The number of benzene rings is 1. The molecule has 0 unspecified atom stereocenters. The number of imidazole rings is 1. The molecule has 20 heavy (non-hydrogen) atoms. The zero-order valence-electron chi connectivity index (χ0n) is 11.9. The Kier molecular flexibility index (Phi) is 4.56. The lowest BCUT2D eigenvalue weighted by Crippen LogP contribution is -2.13. The van der Waals surface area contributed by atoms with Crippen LogP contribution in [-0.4, -0.2) is 9.55 Å². The SMILES string of the molecule is CC(C)(C)/C(=C/n1ccnc1)Cc1ccc(Cl)cc1Cl. The van der Waals surface area contributed by atoms with Gasteiger partial charge in [0.1, 0.15) is 0 Å². The standard InChI is InChI=1S/C16H18Cl2N2/c1-16(2,3)13(10-20-7-6-19-11-20)8-12-4-5-14(17)9-15(12)18/h4-7,9-11H,8H2,1-3H3/b13-10+. The zero-order chi connectivity index (χ0) is 14.8. The Morgan fingerprint density at radius 1 is 1.30 bits per heavy atom. The molecule has 0 radical (unpaired) electrons. The summed E-state index contributed by atoms with van der Waals surface area (Å²) in [6.45, 7) is 6.58. The second kappa shape index (κ2) is 6.02. The predicted octanol–water partition coefficient (Wildman–Crippen LogP) is 5.32. The Bertz CT molecular complexity index is 608. The van der Waals surface area contributed by atoms with Gasteiger partial charge in [-0.15, -0.1) is 0 Å². The third kappa shape index (κ3) is 3.87. The second-order valence-corrected chi connectivity index (χ2v) is 6.67. The first-order chi connectivity index (χ1) is 9.36. The highest BCUT2D eigenvalue weighted by Crippen LogP contribution is 2.32. The summed E-state index contributed by atoms with van der Waals surface area (Å²) in [5.74, 6) is 0. The van der Waals surface area contributed by atoms with Crippen molar-refractivity contribution in [2.75, 3.05) is 0 Å². The van der Waals surface area contributed by atoms with Gasteiger partial charge in [0.2, 0.25) is 0 Å². The van der Waals surface area contributed by atoms with E-state index in [1.165, 1.54) is 5.57 Å². The molecule has 4 heteroatoms. The number of halogens is 2. The van der Waals surface area contributed by atoms with Gasteiger partial charge < -0.3 is 4.57 Å². The maximum absolute atomic E-state index is 6.27. The molecule has 0 spiro atoms. The van der Waals surface area contributed by atoms with Crippen LogP contribution in [-0.2, 0) is 6.42 Å². The summed E-state index contributed by atoms with van der Waals surface area (Å²) >= 11 is 12.2. The van der Waals surface area contributed by atoms with Gasteiger partial charge in [-0.05, 0) is 35.1 Å². The van der Waals surface area contributed by atoms with Crippen molar-refractivity contribution < 1.29 is 0 Å². The average Bonchev–Trinajstić information content (AvgIpc) is 2.83. The number of hydrogen-bond acceptors (Lipinski definition) is 1. The van der Waals surface area contributed by atoms with Crippen LogP contribution in [0.3, 0.4) is 0 Å². The predicted molar refractivity (Wildman–Crippen MR) is 86.1 cm³/mol. The number of hydrogen-bond donors (Lipinski definition) is 0. The highest BCUT2D eigenvalue weighted by Gasteiger charge is 2.18. The van der Waals surface area contributed by atoms with Crippen molar-refractivity contribution in [1.82, 2.24) is 9.55 Å². The van der Waals surface area contributed by atoms with Crippen molar-refractivity contribution in [3.05, 3.63) is 58.1 Å². The van der Waals surface area contributed by atoms with Crippen LogP contribution in [0.2, 0.25) is 10.0 Å². The summed E-state index contributed by atoms with van der Waals surface area (Å²) in [4.78, 5) is 4.07. The van der Waals surface area contributed by atoms with Gasteiger partial charge in [0, 0.05) is 28.6 Å². The van der Waals surface area contributed by atoms with Crippen LogP contribution in [0.5, 0.6) is 0 Å². The molecule has 0 saturated carbocycles. The molecular formula is C16H18Cl2N2. The fourth-order valence-electron chi connectivity index (χ4n) is 1.90. The summed E-state index contributed by atoms with van der Waals surface area (Å²) in [6.07, 6.45) is 8.38. The second-order valence-electron chi connectivity index (χ2n) is 5.83. The summed E-state index contributed by atoms with van der Waals surface area (Å²) in [5.41, 5.74) is 2.41. The molecule has 1 heterocycles. The van der Waals surface area contributed by atoms with Crippen molar-refractivity contribution in [2.24, 2.45) is 5.41 Å². The van der Waals surface area contributed by atoms with Crippen molar-refractivity contribution in [2.45, 2.75) is 27.2 Å². The van der Waals surface area contributed by atoms with Gasteiger partial charge in [-0.2, -0.15) is 0 Å². The largest absolute Gasteiger partial charge is 0.313 e. The fraction of sp³-hybridized carbons (Fsp3) is 0.312. The molecule has 0 fully saturated rings. The van der Waals surface area contributed by atoms with Crippen molar-refractivity contribution in [1.29, 1.82) is 0 Å². The van der Waals surface area contributed by atoms with Crippen LogP contribution in [0.15, 0.2) is 42.5 Å². The Morgan fingerprint density at radius 3 is 2.60 bits per heavy atom. The van der Waals surface area contributed by atoms with E-state index >= 15 is 0 Å². The van der Waals surface area contributed by atoms with E-state index in [1.807, 2.05) is 22.9 Å². The van der Waals surface area contributed by atoms with Crippen molar-refractivity contribution in [3.8, 4) is 0 Å². The fourth-order valence-corrected chi connectivity index (χ4v) is 2.38. The van der Waals surface area contributed by atoms with Crippen LogP contribution >= 0.6 is 23.2 Å². The van der Waals surface area contributed by atoms with E-state index in [2.05, 4.69) is 32.0 Å². The van der Waals surface area contributed by atoms with Gasteiger partial charge in [0.05, 0.1) is 6.33 Å². The van der Waals surface area contributed by atoms with Crippen LogP contribution < -0.4 is 0 Å². The third-order valence-electron chi connectivity index (χ3n) is 3.19. The summed E-state index contributed by atoms with van der Waals surface area (Å²) in [5, 5.41) is 1.37. The molecule has 0 aliphatic carbocycles. The lowest BCUT2D eigenvalue weighted by molar-refractivity contribution is 0.493. The Labute approximate surface area is 130 Å². The van der Waals surface area contributed by atoms with E-state index in [0.717, 1.165) is 12.0 Å². The monoisotopic (exact) mass is 308 g/mol. The summed E-state index contributed by atoms with van der Waals surface area (Å²) < 4.78 is 1.96. The maximum atomic E-state index is 6.27. The van der Waals surface area contributed by atoms with E-state index in [1.54, 1.807) is 18.6 Å². The quantitative estimate of drug-likeness (QED) is 0.750. The van der Waals surface area contributed by atoms with E-state index in [9.17, 15) is 0 Å². The minimum Gasteiger partial charge on any atom is -0.313 e. The lowest BCUT2D eigenvalue weighted by atomic mass is 9.83. The number of nitrogens with zero attached hydrogens (tertiary/aromatic N) is 2. The Hall–Kier alpha value is -1.25. The minimum absolute atomic E-state index is 0.0488. The van der Waals surface area contributed by atoms with Crippen LogP contribution in [0, 0.1) is 5.41 Å². The molecular weight excluding hydrogens is 291 g/mol. The Morgan fingerprint density at radius 2 is 2.05 bits per heavy atom. The molecule has 0 amide bonds. The molecule has 0 bridgehead atoms. The van der Waals surface area contributed by atoms with Gasteiger partial charge >= 0.3 is 0 Å². The third-order valence-corrected chi connectivity index (χ3v) is 3.78. The molecule has 1 aromatic heterocycles. The van der Waals surface area contributed by atoms with Gasteiger partial charge in [-0.1, -0.05) is 50.0 Å². The van der Waals surface area contributed by atoms with E-state index in [4.69, 9.17) is 23.2 Å². The molecule has 2 nitrogen and oxygen atoms in total. The molecule has 2 rings (SSSR count). The summed E-state index contributed by atoms with van der Waals surface area (Å²) in [7, 11) is 0. The Balaban J connectivity index is 2.34. The number of aromatic nitrogens is 2. The molecule has 0 aliphatic heterocycles. The van der Waals surface area contributed by atoms with Gasteiger partial charge in [-0.25, -0.2) is 4.98 Å².